The number of benzene rings is 2. The highest BCUT2D eigenvalue weighted by atomic mass is 79.9. The summed E-state index contributed by atoms with van der Waals surface area (Å²) in [5.74, 6) is -0.389. The number of thiazole rings is 1. The van der Waals surface area contributed by atoms with Crippen LogP contribution in [-0.2, 0) is 4.79 Å². The molecule has 2 heterocycles. The van der Waals surface area contributed by atoms with Crippen LogP contribution in [0.3, 0.4) is 0 Å². The van der Waals surface area contributed by atoms with Crippen molar-refractivity contribution in [2.45, 2.75) is 19.8 Å². The molecule has 0 saturated carbocycles. The molecule has 1 aromatic heterocycles. The summed E-state index contributed by atoms with van der Waals surface area (Å²) in [6.45, 7) is 3.43. The van der Waals surface area contributed by atoms with Gasteiger partial charge in [0, 0.05) is 23.2 Å². The number of nitrogens with zero attached hydrogens (tertiary/aromatic N) is 2. The number of carbonyl (C=O) groups excluding carboxylic acids is 1. The first-order chi connectivity index (χ1) is 13.0. The fourth-order valence-electron chi connectivity index (χ4n) is 3.37. The van der Waals surface area contributed by atoms with E-state index in [1.54, 1.807) is 6.07 Å². The number of piperidine rings is 1. The number of carbonyl (C=O) groups is 1. The van der Waals surface area contributed by atoms with Crippen LogP contribution in [0.15, 0.2) is 40.9 Å². The minimum absolute atomic E-state index is 0.0220. The molecule has 140 valence electrons. The van der Waals surface area contributed by atoms with Gasteiger partial charge in [-0.25, -0.2) is 9.37 Å². The second-order valence-electron chi connectivity index (χ2n) is 6.82. The zero-order chi connectivity index (χ0) is 19.0. The van der Waals surface area contributed by atoms with Gasteiger partial charge in [-0.3, -0.25) is 4.79 Å². The first-order valence-corrected chi connectivity index (χ1v) is 10.5. The zero-order valence-corrected chi connectivity index (χ0v) is 17.2. The Kier molecular flexibility index (Phi) is 5.14. The average Bonchev–Trinajstić information content (AvgIpc) is 3.11. The minimum atomic E-state index is -0.299. The second-order valence-corrected chi connectivity index (χ2v) is 8.68. The molecule has 0 radical (unpaired) electrons. The van der Waals surface area contributed by atoms with Crippen LogP contribution in [0.2, 0.25) is 0 Å². The van der Waals surface area contributed by atoms with Crippen molar-refractivity contribution in [3.63, 3.8) is 0 Å². The van der Waals surface area contributed by atoms with Gasteiger partial charge in [0.15, 0.2) is 5.13 Å². The lowest BCUT2D eigenvalue weighted by Gasteiger charge is -2.31. The van der Waals surface area contributed by atoms with Crippen molar-refractivity contribution >= 4 is 54.2 Å². The van der Waals surface area contributed by atoms with Crippen LogP contribution in [0.25, 0.3) is 10.2 Å². The third-order valence-corrected chi connectivity index (χ3v) is 6.82. The molecule has 2 aromatic carbocycles. The summed E-state index contributed by atoms with van der Waals surface area (Å²) in [5.41, 5.74) is 2.30. The van der Waals surface area contributed by atoms with Gasteiger partial charge in [-0.1, -0.05) is 33.3 Å². The number of para-hydroxylation sites is 1. The Balaban J connectivity index is 1.49. The van der Waals surface area contributed by atoms with Crippen LogP contribution >= 0.6 is 27.3 Å². The molecule has 1 saturated heterocycles. The Hall–Kier alpha value is -1.99. The predicted octanol–water partition coefficient (Wildman–Crippen LogP) is 5.36. The zero-order valence-electron chi connectivity index (χ0n) is 14.8. The minimum Gasteiger partial charge on any atom is -0.347 e. The quantitative estimate of drug-likeness (QED) is 0.587. The molecule has 1 aliphatic rings. The monoisotopic (exact) mass is 447 g/mol. The molecule has 0 spiro atoms. The lowest BCUT2D eigenvalue weighted by atomic mass is 9.97. The number of fused-ring (bicyclic) bond motifs is 1. The standard InChI is InChI=1S/C20H19BrFN3OS/c1-12-10-14(7-8-15(12)21)23-19(26)13-4-3-9-25(11-13)20-24-18-16(22)5-2-6-17(18)27-20/h2,5-8,10,13H,3-4,9,11H2,1H3,(H,23,26). The molecule has 1 atom stereocenters. The Bertz CT molecular complexity index is 1010. The van der Waals surface area contributed by atoms with Gasteiger partial charge in [-0.15, -0.1) is 0 Å². The maximum Gasteiger partial charge on any atom is 0.229 e. The highest BCUT2D eigenvalue weighted by Crippen LogP contribution is 2.33. The van der Waals surface area contributed by atoms with Crippen molar-refractivity contribution in [1.82, 2.24) is 4.98 Å². The number of amides is 1. The van der Waals surface area contributed by atoms with Gasteiger partial charge < -0.3 is 10.2 Å². The van der Waals surface area contributed by atoms with E-state index in [4.69, 9.17) is 0 Å². The van der Waals surface area contributed by atoms with Crippen LogP contribution in [0, 0.1) is 18.7 Å². The Morgan fingerprint density at radius 2 is 2.22 bits per heavy atom. The number of halogens is 2. The molecule has 1 fully saturated rings. The summed E-state index contributed by atoms with van der Waals surface area (Å²) in [6.07, 6.45) is 1.76. The summed E-state index contributed by atoms with van der Waals surface area (Å²) < 4.78 is 15.8. The number of rotatable bonds is 3. The molecule has 1 N–H and O–H groups in total. The topological polar surface area (TPSA) is 45.2 Å². The molecule has 27 heavy (non-hydrogen) atoms. The van der Waals surface area contributed by atoms with E-state index < -0.39 is 0 Å². The van der Waals surface area contributed by atoms with E-state index in [0.29, 0.717) is 12.1 Å². The maximum absolute atomic E-state index is 13.9. The summed E-state index contributed by atoms with van der Waals surface area (Å²) in [4.78, 5) is 19.3. The van der Waals surface area contributed by atoms with Crippen LogP contribution in [0.5, 0.6) is 0 Å². The van der Waals surface area contributed by atoms with Gasteiger partial charge in [-0.2, -0.15) is 0 Å². The van der Waals surface area contributed by atoms with Gasteiger partial charge in [0.25, 0.3) is 0 Å². The van der Waals surface area contributed by atoms with Gasteiger partial charge >= 0.3 is 0 Å². The normalized spacial score (nSPS) is 17.3. The molecule has 4 rings (SSSR count). The van der Waals surface area contributed by atoms with Crippen LogP contribution in [-0.4, -0.2) is 24.0 Å². The maximum atomic E-state index is 13.9. The summed E-state index contributed by atoms with van der Waals surface area (Å²) >= 11 is 4.95. The van der Waals surface area contributed by atoms with E-state index >= 15 is 0 Å². The van der Waals surface area contributed by atoms with E-state index in [-0.39, 0.29) is 17.6 Å². The van der Waals surface area contributed by atoms with E-state index in [2.05, 4.69) is 31.1 Å². The van der Waals surface area contributed by atoms with Crippen molar-refractivity contribution in [2.75, 3.05) is 23.3 Å². The second kappa shape index (κ2) is 7.56. The first kappa shape index (κ1) is 18.4. The van der Waals surface area contributed by atoms with E-state index in [1.165, 1.54) is 17.4 Å². The van der Waals surface area contributed by atoms with Crippen molar-refractivity contribution in [3.05, 3.63) is 52.3 Å². The SMILES string of the molecule is Cc1cc(NC(=O)C2CCCN(c3nc4c(F)cccc4s3)C2)ccc1Br. The Morgan fingerprint density at radius 3 is 3.00 bits per heavy atom. The van der Waals surface area contributed by atoms with E-state index in [9.17, 15) is 9.18 Å². The molecule has 3 aromatic rings. The molecule has 7 heteroatoms. The van der Waals surface area contributed by atoms with Gasteiger partial charge in [0.1, 0.15) is 11.3 Å². The van der Waals surface area contributed by atoms with E-state index in [0.717, 1.165) is 44.9 Å². The van der Waals surface area contributed by atoms with Gasteiger partial charge in [-0.05, 0) is 55.7 Å². The van der Waals surface area contributed by atoms with Crippen molar-refractivity contribution in [1.29, 1.82) is 0 Å². The van der Waals surface area contributed by atoms with Crippen molar-refractivity contribution < 1.29 is 9.18 Å². The molecular weight excluding hydrogens is 429 g/mol. The van der Waals surface area contributed by atoms with Crippen LogP contribution in [0.1, 0.15) is 18.4 Å². The molecule has 4 nitrogen and oxygen atoms in total. The van der Waals surface area contributed by atoms with E-state index in [1.807, 2.05) is 31.2 Å². The number of aryl methyl sites for hydroxylation is 1. The fraction of sp³-hybridized carbons (Fsp3) is 0.300. The Labute approximate surface area is 169 Å². The predicted molar refractivity (Wildman–Crippen MR) is 112 cm³/mol. The van der Waals surface area contributed by atoms with Gasteiger partial charge in [0.2, 0.25) is 5.91 Å². The Morgan fingerprint density at radius 1 is 1.37 bits per heavy atom. The largest absolute Gasteiger partial charge is 0.347 e. The summed E-state index contributed by atoms with van der Waals surface area (Å²) in [5, 5.41) is 3.81. The molecular formula is C20H19BrFN3OS. The first-order valence-electron chi connectivity index (χ1n) is 8.88. The molecule has 1 unspecified atom stereocenters. The molecule has 0 bridgehead atoms. The molecule has 1 amide bonds. The third kappa shape index (κ3) is 3.84. The highest BCUT2D eigenvalue weighted by molar-refractivity contribution is 9.10. The summed E-state index contributed by atoms with van der Waals surface area (Å²) in [6, 6.07) is 10.8. The summed E-state index contributed by atoms with van der Waals surface area (Å²) in [7, 11) is 0. The smallest absolute Gasteiger partial charge is 0.229 e. The number of hydrogen-bond donors (Lipinski definition) is 1. The van der Waals surface area contributed by atoms with Crippen molar-refractivity contribution in [3.8, 4) is 0 Å². The van der Waals surface area contributed by atoms with Crippen molar-refractivity contribution in [2.24, 2.45) is 5.92 Å². The highest BCUT2D eigenvalue weighted by Gasteiger charge is 2.28. The number of hydrogen-bond acceptors (Lipinski definition) is 4. The average molecular weight is 448 g/mol. The molecule has 1 aliphatic heterocycles. The number of anilines is 2. The van der Waals surface area contributed by atoms with Crippen LogP contribution < -0.4 is 10.2 Å². The third-order valence-electron chi connectivity index (χ3n) is 4.85. The van der Waals surface area contributed by atoms with Crippen LogP contribution in [0.4, 0.5) is 15.2 Å². The lowest BCUT2D eigenvalue weighted by molar-refractivity contribution is -0.120. The molecule has 0 aliphatic carbocycles. The fourth-order valence-corrected chi connectivity index (χ4v) is 4.63. The lowest BCUT2D eigenvalue weighted by Crippen LogP contribution is -2.40. The number of nitrogens with one attached hydrogen (secondary N) is 1. The van der Waals surface area contributed by atoms with Gasteiger partial charge in [0.05, 0.1) is 10.6 Å². The number of aromatic nitrogens is 1.